The summed E-state index contributed by atoms with van der Waals surface area (Å²) in [7, 11) is 3.76. The highest BCUT2D eigenvalue weighted by Crippen LogP contribution is 2.02. The summed E-state index contributed by atoms with van der Waals surface area (Å²) in [4.78, 5) is 17.0. The number of rotatable bonds is 2. The van der Waals surface area contributed by atoms with Gasteiger partial charge in [0.05, 0.1) is 0 Å². The van der Waals surface area contributed by atoms with Crippen molar-refractivity contribution in [2.75, 3.05) is 27.2 Å². The zero-order valence-corrected chi connectivity index (χ0v) is 11.1. The minimum atomic E-state index is -0.182. The second-order valence-electron chi connectivity index (χ2n) is 4.30. The van der Waals surface area contributed by atoms with E-state index in [0.717, 1.165) is 5.56 Å². The number of pyridine rings is 1. The van der Waals surface area contributed by atoms with Crippen LogP contribution in [0.5, 0.6) is 0 Å². The Morgan fingerprint density at radius 2 is 2.22 bits per heavy atom. The molecule has 0 radical (unpaired) electrons. The van der Waals surface area contributed by atoms with Gasteiger partial charge in [-0.3, -0.25) is 4.98 Å². The van der Waals surface area contributed by atoms with Crippen molar-refractivity contribution in [1.82, 2.24) is 20.5 Å². The Kier molecular flexibility index (Phi) is 6.79. The number of aromatic nitrogens is 1. The van der Waals surface area contributed by atoms with Gasteiger partial charge in [-0.25, -0.2) is 4.79 Å². The molecular weight excluding hydrogens is 228 g/mol. The molecule has 104 valence electrons. The lowest BCUT2D eigenvalue weighted by Gasteiger charge is -2.02. The molecule has 0 spiro atoms. The molecule has 2 rings (SSSR count). The fourth-order valence-electron chi connectivity index (χ4n) is 1.65. The van der Waals surface area contributed by atoms with Gasteiger partial charge in [-0.2, -0.15) is 0 Å². The first-order valence-corrected chi connectivity index (χ1v) is 6.25. The molecule has 18 heavy (non-hydrogen) atoms. The van der Waals surface area contributed by atoms with E-state index in [1.54, 1.807) is 19.4 Å². The Morgan fingerprint density at radius 3 is 2.67 bits per heavy atom. The van der Waals surface area contributed by atoms with E-state index in [1.807, 2.05) is 12.1 Å². The third-order valence-corrected chi connectivity index (χ3v) is 2.73. The first kappa shape index (κ1) is 14.4. The molecular formula is C13H26N4O. The average Bonchev–Trinajstić information content (AvgIpc) is 2.89. The third kappa shape index (κ3) is 6.20. The Morgan fingerprint density at radius 1 is 1.50 bits per heavy atom. The smallest absolute Gasteiger partial charge is 0.314 e. The Balaban J connectivity index is 0. The molecule has 0 atom stereocenters. The molecule has 0 saturated carbocycles. The van der Waals surface area contributed by atoms with Crippen LogP contribution in [0.3, 0.4) is 0 Å². The standard InChI is InChI=1S/C8H11N3O.C5H11N.2H2/c1-9-8(12)11-6-7-3-2-4-10-5-7;1-6-4-2-3-5-6;;/h2-5H,6H2,1H3,(H2,9,11,12);2-5H2,1H3;2*1H. The van der Waals surface area contributed by atoms with Crippen LogP contribution in [0.25, 0.3) is 0 Å². The van der Waals surface area contributed by atoms with Crippen LogP contribution in [0.1, 0.15) is 21.3 Å². The number of likely N-dealkylation sites (tertiary alicyclic amines) is 1. The Labute approximate surface area is 112 Å². The molecule has 2 N–H and O–H groups in total. The van der Waals surface area contributed by atoms with Gasteiger partial charge in [0.25, 0.3) is 0 Å². The summed E-state index contributed by atoms with van der Waals surface area (Å²) in [6.07, 6.45) is 6.24. The van der Waals surface area contributed by atoms with Crippen molar-refractivity contribution < 1.29 is 7.65 Å². The molecule has 2 amide bonds. The second kappa shape index (κ2) is 8.47. The highest BCUT2D eigenvalue weighted by atomic mass is 16.2. The molecule has 1 aliphatic rings. The summed E-state index contributed by atoms with van der Waals surface area (Å²) in [5, 5.41) is 5.12. The van der Waals surface area contributed by atoms with Gasteiger partial charge >= 0.3 is 6.03 Å². The van der Waals surface area contributed by atoms with Crippen LogP contribution in [0.2, 0.25) is 0 Å². The number of carbonyl (C=O) groups is 1. The molecule has 1 aromatic rings. The summed E-state index contributed by atoms with van der Waals surface area (Å²) in [6.45, 7) is 3.15. The summed E-state index contributed by atoms with van der Waals surface area (Å²) in [6, 6.07) is 3.56. The minimum absolute atomic E-state index is 0. The topological polar surface area (TPSA) is 57.3 Å². The van der Waals surface area contributed by atoms with Crippen molar-refractivity contribution >= 4 is 6.03 Å². The number of hydrogen-bond donors (Lipinski definition) is 2. The minimum Gasteiger partial charge on any atom is -0.341 e. The van der Waals surface area contributed by atoms with E-state index >= 15 is 0 Å². The van der Waals surface area contributed by atoms with E-state index in [-0.39, 0.29) is 8.88 Å². The van der Waals surface area contributed by atoms with Crippen molar-refractivity contribution in [3.05, 3.63) is 30.1 Å². The van der Waals surface area contributed by atoms with Gasteiger partial charge < -0.3 is 15.5 Å². The van der Waals surface area contributed by atoms with Gasteiger partial charge in [-0.1, -0.05) is 6.07 Å². The maximum Gasteiger partial charge on any atom is 0.314 e. The fourth-order valence-corrected chi connectivity index (χ4v) is 1.65. The van der Waals surface area contributed by atoms with Crippen LogP contribution in [-0.2, 0) is 6.54 Å². The second-order valence-corrected chi connectivity index (χ2v) is 4.30. The number of carbonyl (C=O) groups excluding carboxylic acids is 1. The van der Waals surface area contributed by atoms with E-state index < -0.39 is 0 Å². The third-order valence-electron chi connectivity index (χ3n) is 2.73. The molecule has 2 heterocycles. The summed E-state index contributed by atoms with van der Waals surface area (Å²) < 4.78 is 0. The summed E-state index contributed by atoms with van der Waals surface area (Å²) in [5.74, 6) is 0. The lowest BCUT2D eigenvalue weighted by atomic mass is 10.3. The molecule has 0 bridgehead atoms. The van der Waals surface area contributed by atoms with Crippen LogP contribution in [0, 0.1) is 0 Å². The molecule has 1 saturated heterocycles. The number of urea groups is 1. The predicted octanol–water partition coefficient (Wildman–Crippen LogP) is 1.71. The maximum absolute atomic E-state index is 10.7. The molecule has 0 aromatic carbocycles. The highest BCUT2D eigenvalue weighted by molar-refractivity contribution is 5.73. The highest BCUT2D eigenvalue weighted by Gasteiger charge is 2.03. The normalized spacial score (nSPS) is 14.6. The van der Waals surface area contributed by atoms with E-state index in [2.05, 4.69) is 27.6 Å². The SMILES string of the molecule is CN1CCCC1.CNC(=O)NCc1cccnc1.[HH].[HH]. The van der Waals surface area contributed by atoms with Gasteiger partial charge in [0, 0.05) is 28.8 Å². The number of nitrogens with zero attached hydrogens (tertiary/aromatic N) is 2. The van der Waals surface area contributed by atoms with Crippen LogP contribution < -0.4 is 10.6 Å². The van der Waals surface area contributed by atoms with E-state index in [4.69, 9.17) is 0 Å². The van der Waals surface area contributed by atoms with Gasteiger partial charge in [-0.05, 0) is 44.6 Å². The number of amides is 2. The quantitative estimate of drug-likeness (QED) is 0.845. The van der Waals surface area contributed by atoms with Gasteiger partial charge in [0.15, 0.2) is 0 Å². The van der Waals surface area contributed by atoms with Crippen molar-refractivity contribution in [2.24, 2.45) is 0 Å². The molecule has 0 unspecified atom stereocenters. The largest absolute Gasteiger partial charge is 0.341 e. The molecule has 5 nitrogen and oxygen atoms in total. The van der Waals surface area contributed by atoms with E-state index in [9.17, 15) is 4.79 Å². The molecule has 5 heteroatoms. The first-order chi connectivity index (χ1) is 8.72. The Bertz CT molecular complexity index is 345. The van der Waals surface area contributed by atoms with E-state index in [0.29, 0.717) is 6.54 Å². The monoisotopic (exact) mass is 254 g/mol. The van der Waals surface area contributed by atoms with Gasteiger partial charge in [0.1, 0.15) is 0 Å². The van der Waals surface area contributed by atoms with Crippen molar-refractivity contribution in [3.63, 3.8) is 0 Å². The molecule has 1 aliphatic heterocycles. The zero-order chi connectivity index (χ0) is 13.2. The van der Waals surface area contributed by atoms with Crippen LogP contribution in [-0.4, -0.2) is 43.1 Å². The Hall–Kier alpha value is -1.62. The molecule has 1 aromatic heterocycles. The molecule has 0 aliphatic carbocycles. The van der Waals surface area contributed by atoms with E-state index in [1.165, 1.54) is 25.9 Å². The zero-order valence-electron chi connectivity index (χ0n) is 11.1. The maximum atomic E-state index is 10.7. The van der Waals surface area contributed by atoms with Crippen molar-refractivity contribution in [1.29, 1.82) is 0 Å². The van der Waals surface area contributed by atoms with Crippen LogP contribution in [0.15, 0.2) is 24.5 Å². The van der Waals surface area contributed by atoms with Crippen molar-refractivity contribution in [2.45, 2.75) is 19.4 Å². The fraction of sp³-hybridized carbons (Fsp3) is 0.538. The van der Waals surface area contributed by atoms with Gasteiger partial charge in [-0.15, -0.1) is 0 Å². The van der Waals surface area contributed by atoms with Crippen LogP contribution >= 0.6 is 0 Å². The summed E-state index contributed by atoms with van der Waals surface area (Å²) in [5.41, 5.74) is 0.987. The summed E-state index contributed by atoms with van der Waals surface area (Å²) >= 11 is 0. The average molecular weight is 254 g/mol. The number of nitrogens with one attached hydrogen (secondary N) is 2. The first-order valence-electron chi connectivity index (χ1n) is 6.25. The lowest BCUT2D eigenvalue weighted by Crippen LogP contribution is -2.32. The van der Waals surface area contributed by atoms with Crippen LogP contribution in [0.4, 0.5) is 4.79 Å². The lowest BCUT2D eigenvalue weighted by molar-refractivity contribution is 0.242. The molecule has 1 fully saturated rings. The van der Waals surface area contributed by atoms with Gasteiger partial charge in [0.2, 0.25) is 0 Å². The predicted molar refractivity (Wildman–Crippen MR) is 76.5 cm³/mol. The number of hydrogen-bond acceptors (Lipinski definition) is 3. The van der Waals surface area contributed by atoms with Crippen molar-refractivity contribution in [3.8, 4) is 0 Å².